The molecule has 1 aromatic rings. The van der Waals surface area contributed by atoms with Crippen LogP contribution in [0.2, 0.25) is 0 Å². The number of carbonyl (C=O) groups excluding carboxylic acids is 1. The van der Waals surface area contributed by atoms with E-state index < -0.39 is 10.0 Å². The lowest BCUT2D eigenvalue weighted by Crippen LogP contribution is -2.42. The van der Waals surface area contributed by atoms with Gasteiger partial charge in [-0.05, 0) is 43.0 Å². The minimum absolute atomic E-state index is 0.0392. The monoisotopic (exact) mass is 341 g/mol. The number of carbonyl (C=O) groups is 1. The lowest BCUT2D eigenvalue weighted by atomic mass is 9.85. The smallest absolute Gasteiger partial charge is 0.317 e. The third-order valence-electron chi connectivity index (χ3n) is 3.96. The highest BCUT2D eigenvalue weighted by molar-refractivity contribution is 7.89. The second kappa shape index (κ2) is 7.65. The number of nitrogens with two attached hydrogens (primary N) is 1. The largest absolute Gasteiger partial charge is 0.492 e. The van der Waals surface area contributed by atoms with Gasteiger partial charge in [0.05, 0.1) is 11.4 Å². The van der Waals surface area contributed by atoms with Gasteiger partial charge in [-0.15, -0.1) is 0 Å². The molecular weight excluding hydrogens is 318 g/mol. The maximum atomic E-state index is 11.9. The molecular formula is C15H23N3O4S. The van der Waals surface area contributed by atoms with Crippen LogP contribution in [0.1, 0.15) is 19.3 Å². The molecule has 2 amide bonds. The first-order valence-corrected chi connectivity index (χ1v) is 9.15. The zero-order valence-corrected chi connectivity index (χ0v) is 14.0. The normalized spacial score (nSPS) is 14.9. The minimum atomic E-state index is -3.69. The first-order chi connectivity index (χ1) is 10.9. The lowest BCUT2D eigenvalue weighted by molar-refractivity contribution is 0.190. The van der Waals surface area contributed by atoms with Crippen molar-refractivity contribution in [3.05, 3.63) is 24.3 Å². The van der Waals surface area contributed by atoms with Gasteiger partial charge in [-0.2, -0.15) is 0 Å². The predicted octanol–water partition coefficient (Wildman–Crippen LogP) is 1.15. The highest BCUT2D eigenvalue weighted by Gasteiger charge is 2.18. The maximum absolute atomic E-state index is 11.9. The van der Waals surface area contributed by atoms with Crippen molar-refractivity contribution in [2.75, 3.05) is 26.7 Å². The van der Waals surface area contributed by atoms with Crippen molar-refractivity contribution in [2.45, 2.75) is 24.2 Å². The molecule has 2 rings (SSSR count). The molecule has 1 aliphatic carbocycles. The molecule has 23 heavy (non-hydrogen) atoms. The van der Waals surface area contributed by atoms with Crippen LogP contribution in [0.3, 0.4) is 0 Å². The minimum Gasteiger partial charge on any atom is -0.492 e. The van der Waals surface area contributed by atoms with Crippen molar-refractivity contribution in [3.63, 3.8) is 0 Å². The summed E-state index contributed by atoms with van der Waals surface area (Å²) in [6, 6.07) is 5.75. The van der Waals surface area contributed by atoms with Crippen LogP contribution in [-0.2, 0) is 10.0 Å². The number of likely N-dealkylation sites (N-methyl/N-ethyl adjacent to an activating group) is 1. The predicted molar refractivity (Wildman–Crippen MR) is 86.7 cm³/mol. The Labute approximate surface area is 136 Å². The van der Waals surface area contributed by atoms with E-state index in [1.165, 1.54) is 43.5 Å². The van der Waals surface area contributed by atoms with Gasteiger partial charge in [0.25, 0.3) is 0 Å². The molecule has 3 N–H and O–H groups in total. The summed E-state index contributed by atoms with van der Waals surface area (Å²) in [7, 11) is -1.98. The van der Waals surface area contributed by atoms with Crippen LogP contribution in [0.4, 0.5) is 4.79 Å². The molecule has 1 aliphatic rings. The molecule has 0 aromatic heterocycles. The average molecular weight is 341 g/mol. The summed E-state index contributed by atoms with van der Waals surface area (Å²) >= 11 is 0. The highest BCUT2D eigenvalue weighted by atomic mass is 32.2. The highest BCUT2D eigenvalue weighted by Crippen LogP contribution is 2.25. The number of amides is 2. The van der Waals surface area contributed by atoms with Crippen LogP contribution >= 0.6 is 0 Å². The number of rotatable bonds is 7. The molecule has 8 heteroatoms. The fourth-order valence-electron chi connectivity index (χ4n) is 2.19. The molecule has 7 nitrogen and oxygen atoms in total. The first kappa shape index (κ1) is 17.6. The van der Waals surface area contributed by atoms with Gasteiger partial charge in [-0.25, -0.2) is 18.4 Å². The van der Waals surface area contributed by atoms with E-state index in [-0.39, 0.29) is 10.9 Å². The van der Waals surface area contributed by atoms with Gasteiger partial charge in [0.1, 0.15) is 12.4 Å². The van der Waals surface area contributed by atoms with Crippen LogP contribution in [0.5, 0.6) is 5.75 Å². The fourth-order valence-corrected chi connectivity index (χ4v) is 2.71. The number of sulfonamides is 1. The molecule has 0 radical (unpaired) electrons. The molecule has 0 saturated heterocycles. The van der Waals surface area contributed by atoms with E-state index in [0.29, 0.717) is 24.8 Å². The Bertz CT molecular complexity index is 627. The molecule has 0 bridgehead atoms. The number of hydrogen-bond acceptors (Lipinski definition) is 4. The Morgan fingerprint density at radius 1 is 1.35 bits per heavy atom. The van der Waals surface area contributed by atoms with Gasteiger partial charge >= 0.3 is 6.03 Å². The molecule has 0 spiro atoms. The molecule has 1 fully saturated rings. The zero-order chi connectivity index (χ0) is 16.9. The molecule has 0 atom stereocenters. The molecule has 128 valence electrons. The molecule has 0 unspecified atom stereocenters. The summed E-state index contributed by atoms with van der Waals surface area (Å²) in [5.41, 5.74) is 0. The second-order valence-corrected chi connectivity index (χ2v) is 7.33. The van der Waals surface area contributed by atoms with Gasteiger partial charge < -0.3 is 15.0 Å². The van der Waals surface area contributed by atoms with Crippen LogP contribution in [0.15, 0.2) is 29.2 Å². The van der Waals surface area contributed by atoms with Crippen LogP contribution in [0, 0.1) is 5.92 Å². The van der Waals surface area contributed by atoms with Crippen molar-refractivity contribution in [1.82, 2.24) is 10.2 Å². The van der Waals surface area contributed by atoms with Gasteiger partial charge in [0.2, 0.25) is 10.0 Å². The van der Waals surface area contributed by atoms with Crippen LogP contribution in [0.25, 0.3) is 0 Å². The molecule has 1 aromatic carbocycles. The third-order valence-corrected chi connectivity index (χ3v) is 4.89. The number of nitrogens with one attached hydrogen (secondary N) is 1. The standard InChI is InChI=1S/C15H23N3O4S/c1-18(15(19)17-11-12-3-2-4-12)9-10-22-13-5-7-14(8-6-13)23(16,20)21/h5-8,12H,2-4,9-11H2,1H3,(H,17,19)(H2,16,20,21). The SMILES string of the molecule is CN(CCOc1ccc(S(N)(=O)=O)cc1)C(=O)NCC1CCC1. The van der Waals surface area contributed by atoms with E-state index in [4.69, 9.17) is 9.88 Å². The number of nitrogens with zero attached hydrogens (tertiary/aromatic N) is 1. The van der Waals surface area contributed by atoms with E-state index in [0.717, 1.165) is 6.54 Å². The topological polar surface area (TPSA) is 102 Å². The Morgan fingerprint density at radius 2 is 2.00 bits per heavy atom. The first-order valence-electron chi connectivity index (χ1n) is 7.61. The van der Waals surface area contributed by atoms with Crippen molar-refractivity contribution in [2.24, 2.45) is 11.1 Å². The summed E-state index contributed by atoms with van der Waals surface area (Å²) < 4.78 is 27.8. The average Bonchev–Trinajstić information content (AvgIpc) is 2.45. The van der Waals surface area contributed by atoms with E-state index >= 15 is 0 Å². The molecule has 1 saturated carbocycles. The molecule has 0 heterocycles. The number of benzene rings is 1. The summed E-state index contributed by atoms with van der Waals surface area (Å²) in [6.45, 7) is 1.49. The summed E-state index contributed by atoms with van der Waals surface area (Å²) in [4.78, 5) is 13.5. The Kier molecular flexibility index (Phi) is 5.84. The summed E-state index contributed by atoms with van der Waals surface area (Å²) in [5.74, 6) is 1.15. The Hall–Kier alpha value is -1.80. The van der Waals surface area contributed by atoms with Gasteiger partial charge in [0, 0.05) is 13.6 Å². The summed E-state index contributed by atoms with van der Waals surface area (Å²) in [6.07, 6.45) is 3.65. The van der Waals surface area contributed by atoms with Gasteiger partial charge in [-0.3, -0.25) is 0 Å². The number of hydrogen-bond donors (Lipinski definition) is 2. The van der Waals surface area contributed by atoms with E-state index in [9.17, 15) is 13.2 Å². The fraction of sp³-hybridized carbons (Fsp3) is 0.533. The summed E-state index contributed by atoms with van der Waals surface area (Å²) in [5, 5.41) is 7.93. The Morgan fingerprint density at radius 3 is 2.52 bits per heavy atom. The van der Waals surface area contributed by atoms with Crippen LogP contribution < -0.4 is 15.2 Å². The van der Waals surface area contributed by atoms with E-state index in [1.54, 1.807) is 11.9 Å². The van der Waals surface area contributed by atoms with Gasteiger partial charge in [-0.1, -0.05) is 6.42 Å². The Balaban J connectivity index is 1.70. The van der Waals surface area contributed by atoms with Crippen molar-refractivity contribution >= 4 is 16.1 Å². The maximum Gasteiger partial charge on any atom is 0.317 e. The second-order valence-electron chi connectivity index (χ2n) is 5.77. The van der Waals surface area contributed by atoms with E-state index in [1.807, 2.05) is 0 Å². The number of urea groups is 1. The number of ether oxygens (including phenoxy) is 1. The van der Waals surface area contributed by atoms with Crippen molar-refractivity contribution < 1.29 is 17.9 Å². The number of primary sulfonamides is 1. The quantitative estimate of drug-likeness (QED) is 0.777. The van der Waals surface area contributed by atoms with Crippen molar-refractivity contribution in [3.8, 4) is 5.75 Å². The van der Waals surface area contributed by atoms with Crippen molar-refractivity contribution in [1.29, 1.82) is 0 Å². The lowest BCUT2D eigenvalue weighted by Gasteiger charge is -2.26. The van der Waals surface area contributed by atoms with Crippen LogP contribution in [-0.4, -0.2) is 46.1 Å². The van der Waals surface area contributed by atoms with E-state index in [2.05, 4.69) is 5.32 Å². The zero-order valence-electron chi connectivity index (χ0n) is 13.2. The van der Waals surface area contributed by atoms with Gasteiger partial charge in [0.15, 0.2) is 0 Å². The third kappa shape index (κ3) is 5.40. The molecule has 0 aliphatic heterocycles.